The number of phenolic OH excluding ortho intramolecular Hbond substituents is 1. The van der Waals surface area contributed by atoms with Gasteiger partial charge in [-0.1, -0.05) is 0 Å². The minimum atomic E-state index is -0.536. The second kappa shape index (κ2) is 5.58. The molecule has 0 aliphatic heterocycles. The van der Waals surface area contributed by atoms with Crippen LogP contribution in [0.2, 0.25) is 0 Å². The average Bonchev–Trinajstić information content (AvgIpc) is 2.41. The maximum atomic E-state index is 10.7. The quantitative estimate of drug-likeness (QED) is 0.497. The van der Waals surface area contributed by atoms with Crippen LogP contribution in [0.5, 0.6) is 5.75 Å². The van der Waals surface area contributed by atoms with Gasteiger partial charge in [0.15, 0.2) is 0 Å². The Labute approximate surface area is 108 Å². The zero-order chi connectivity index (χ0) is 13.7. The monoisotopic (exact) mass is 258 g/mol. The van der Waals surface area contributed by atoms with Gasteiger partial charge in [0.05, 0.1) is 11.1 Å². The molecule has 0 spiro atoms. The number of rotatable bonds is 4. The summed E-state index contributed by atoms with van der Waals surface area (Å²) in [6.45, 7) is 0. The lowest BCUT2D eigenvalue weighted by Crippen LogP contribution is -1.98. The minimum Gasteiger partial charge on any atom is -0.508 e. The molecule has 7 heteroatoms. The number of nitro groups is 1. The molecule has 0 saturated carbocycles. The number of nitrogens with one attached hydrogen (secondary N) is 1. The summed E-state index contributed by atoms with van der Waals surface area (Å²) in [4.78, 5) is 14.0. The van der Waals surface area contributed by atoms with E-state index < -0.39 is 4.92 Å². The number of nitrogens with zero attached hydrogens (tertiary/aromatic N) is 3. The Balaban J connectivity index is 2.10. The minimum absolute atomic E-state index is 0.0718. The van der Waals surface area contributed by atoms with Crippen LogP contribution in [0, 0.1) is 10.1 Å². The van der Waals surface area contributed by atoms with E-state index in [0.717, 1.165) is 5.56 Å². The number of hydrogen-bond donors (Lipinski definition) is 2. The lowest BCUT2D eigenvalue weighted by molar-refractivity contribution is -0.384. The van der Waals surface area contributed by atoms with Crippen molar-refractivity contribution in [1.82, 2.24) is 4.98 Å². The second-order valence-corrected chi connectivity index (χ2v) is 3.59. The Hall–Kier alpha value is -2.96. The fraction of sp³-hybridized carbons (Fsp3) is 0. The maximum Gasteiger partial charge on any atom is 0.313 e. The Bertz CT molecular complexity index is 611. The van der Waals surface area contributed by atoms with Crippen LogP contribution in [0.3, 0.4) is 0 Å². The summed E-state index contributed by atoms with van der Waals surface area (Å²) in [6, 6.07) is 9.17. The molecule has 0 aliphatic rings. The number of pyridine rings is 1. The van der Waals surface area contributed by atoms with Crippen LogP contribution in [0.1, 0.15) is 5.56 Å². The zero-order valence-electron chi connectivity index (χ0n) is 9.72. The van der Waals surface area contributed by atoms with Gasteiger partial charge in [-0.25, -0.2) is 4.98 Å². The van der Waals surface area contributed by atoms with Gasteiger partial charge < -0.3 is 5.11 Å². The lowest BCUT2D eigenvalue weighted by Gasteiger charge is -1.99. The molecule has 96 valence electrons. The number of phenols is 1. The third-order valence-corrected chi connectivity index (χ3v) is 2.26. The van der Waals surface area contributed by atoms with E-state index in [1.807, 2.05) is 0 Å². The third kappa shape index (κ3) is 3.25. The summed E-state index contributed by atoms with van der Waals surface area (Å²) in [6.07, 6.45) is 2.91. The smallest absolute Gasteiger partial charge is 0.313 e. The highest BCUT2D eigenvalue weighted by molar-refractivity contribution is 5.80. The molecule has 2 N–H and O–H groups in total. The van der Waals surface area contributed by atoms with Crippen LogP contribution in [0.15, 0.2) is 47.7 Å². The molecule has 0 bridgehead atoms. The Kier molecular flexibility index (Phi) is 3.67. The predicted octanol–water partition coefficient (Wildman–Crippen LogP) is 2.14. The van der Waals surface area contributed by atoms with Crippen molar-refractivity contribution in [3.63, 3.8) is 0 Å². The number of hydrazone groups is 1. The molecule has 1 aromatic heterocycles. The van der Waals surface area contributed by atoms with Crippen molar-refractivity contribution in [3.8, 4) is 5.75 Å². The van der Waals surface area contributed by atoms with E-state index in [-0.39, 0.29) is 17.3 Å². The highest BCUT2D eigenvalue weighted by atomic mass is 16.6. The highest BCUT2D eigenvalue weighted by Crippen LogP contribution is 2.19. The van der Waals surface area contributed by atoms with Gasteiger partial charge in [0.1, 0.15) is 5.75 Å². The van der Waals surface area contributed by atoms with Crippen LogP contribution in [0.4, 0.5) is 11.5 Å². The van der Waals surface area contributed by atoms with Gasteiger partial charge in [0.25, 0.3) is 0 Å². The topological polar surface area (TPSA) is 101 Å². The Morgan fingerprint density at radius 1 is 1.32 bits per heavy atom. The summed E-state index contributed by atoms with van der Waals surface area (Å²) in [5.41, 5.74) is 3.10. The standard InChI is InChI=1S/C12H10N4O3/c17-10-5-3-9(4-6-10)8-14-15-12-11(16(18)19)2-1-7-13-12/h1-8,17H,(H,13,15). The molecule has 7 nitrogen and oxygen atoms in total. The molecule has 2 aromatic rings. The van der Waals surface area contributed by atoms with Crippen LogP contribution >= 0.6 is 0 Å². The normalized spacial score (nSPS) is 10.5. The molecular formula is C12H10N4O3. The lowest BCUT2D eigenvalue weighted by atomic mass is 10.2. The van der Waals surface area contributed by atoms with Crippen LogP contribution in [-0.2, 0) is 0 Å². The summed E-state index contributed by atoms with van der Waals surface area (Å²) >= 11 is 0. The molecule has 0 amide bonds. The van der Waals surface area contributed by atoms with Crippen LogP contribution < -0.4 is 5.43 Å². The summed E-state index contributed by atoms with van der Waals surface area (Å²) < 4.78 is 0. The Morgan fingerprint density at radius 3 is 2.74 bits per heavy atom. The first-order valence-electron chi connectivity index (χ1n) is 5.34. The second-order valence-electron chi connectivity index (χ2n) is 3.59. The van der Waals surface area contributed by atoms with E-state index >= 15 is 0 Å². The molecule has 1 aromatic carbocycles. The van der Waals surface area contributed by atoms with Gasteiger partial charge in [0.2, 0.25) is 5.82 Å². The van der Waals surface area contributed by atoms with E-state index in [9.17, 15) is 10.1 Å². The fourth-order valence-corrected chi connectivity index (χ4v) is 1.36. The Morgan fingerprint density at radius 2 is 2.05 bits per heavy atom. The first kappa shape index (κ1) is 12.5. The third-order valence-electron chi connectivity index (χ3n) is 2.26. The number of aromatic hydroxyl groups is 1. The van der Waals surface area contributed by atoms with Gasteiger partial charge in [0, 0.05) is 12.3 Å². The summed E-state index contributed by atoms with van der Waals surface area (Å²) in [7, 11) is 0. The first-order valence-corrected chi connectivity index (χ1v) is 5.34. The van der Waals surface area contributed by atoms with Crippen molar-refractivity contribution in [1.29, 1.82) is 0 Å². The zero-order valence-corrected chi connectivity index (χ0v) is 9.72. The van der Waals surface area contributed by atoms with Crippen molar-refractivity contribution in [2.24, 2.45) is 5.10 Å². The molecule has 19 heavy (non-hydrogen) atoms. The van der Waals surface area contributed by atoms with Gasteiger partial charge in [-0.05, 0) is 35.9 Å². The highest BCUT2D eigenvalue weighted by Gasteiger charge is 2.12. The van der Waals surface area contributed by atoms with Gasteiger partial charge in [-0.15, -0.1) is 0 Å². The van der Waals surface area contributed by atoms with E-state index in [0.29, 0.717) is 0 Å². The van der Waals surface area contributed by atoms with E-state index in [2.05, 4.69) is 15.5 Å². The molecule has 0 aliphatic carbocycles. The van der Waals surface area contributed by atoms with Crippen LogP contribution in [-0.4, -0.2) is 21.2 Å². The van der Waals surface area contributed by atoms with Crippen LogP contribution in [0.25, 0.3) is 0 Å². The maximum absolute atomic E-state index is 10.7. The van der Waals surface area contributed by atoms with Crippen molar-refractivity contribution in [2.45, 2.75) is 0 Å². The number of hydrogen-bond acceptors (Lipinski definition) is 6. The number of benzene rings is 1. The van der Waals surface area contributed by atoms with Crippen molar-refractivity contribution in [2.75, 3.05) is 5.43 Å². The summed E-state index contributed by atoms with van der Waals surface area (Å²) in [5, 5.41) is 23.7. The van der Waals surface area contributed by atoms with E-state index in [1.165, 1.54) is 36.7 Å². The molecule has 0 unspecified atom stereocenters. The largest absolute Gasteiger partial charge is 0.508 e. The molecule has 0 atom stereocenters. The fourth-order valence-electron chi connectivity index (χ4n) is 1.36. The van der Waals surface area contributed by atoms with E-state index in [4.69, 9.17) is 5.11 Å². The van der Waals surface area contributed by atoms with Gasteiger partial charge >= 0.3 is 5.69 Å². The molecule has 0 saturated heterocycles. The molecular weight excluding hydrogens is 248 g/mol. The summed E-state index contributed by atoms with van der Waals surface area (Å²) in [5.74, 6) is 0.230. The van der Waals surface area contributed by atoms with Gasteiger partial charge in [-0.2, -0.15) is 5.10 Å². The van der Waals surface area contributed by atoms with Gasteiger partial charge in [-0.3, -0.25) is 15.5 Å². The molecule has 0 fully saturated rings. The molecule has 0 radical (unpaired) electrons. The SMILES string of the molecule is O=[N+]([O-])c1cccnc1NN=Cc1ccc(O)cc1. The number of anilines is 1. The van der Waals surface area contributed by atoms with Crippen molar-refractivity contribution >= 4 is 17.7 Å². The molecule has 1 heterocycles. The first-order chi connectivity index (χ1) is 9.16. The number of aromatic nitrogens is 1. The van der Waals surface area contributed by atoms with Crippen molar-refractivity contribution in [3.05, 3.63) is 58.3 Å². The predicted molar refractivity (Wildman–Crippen MR) is 70.2 cm³/mol. The molecule has 2 rings (SSSR count). The van der Waals surface area contributed by atoms with Crippen molar-refractivity contribution < 1.29 is 10.0 Å². The average molecular weight is 258 g/mol. The van der Waals surface area contributed by atoms with E-state index in [1.54, 1.807) is 12.1 Å².